The van der Waals surface area contributed by atoms with Crippen LogP contribution in [0.5, 0.6) is 0 Å². The topological polar surface area (TPSA) is 28.7 Å². The van der Waals surface area contributed by atoms with Crippen LogP contribution in [0.2, 0.25) is 0 Å². The molecule has 0 amide bonds. The molecule has 1 aromatic heterocycles. The molecule has 0 saturated heterocycles. The van der Waals surface area contributed by atoms with Crippen molar-refractivity contribution in [2.24, 2.45) is 0 Å². The second-order valence-electron chi connectivity index (χ2n) is 11.4. The Balaban J connectivity index is 1.17. The van der Waals surface area contributed by atoms with Crippen LogP contribution in [0.3, 0.4) is 0 Å². The summed E-state index contributed by atoms with van der Waals surface area (Å²) in [6.45, 7) is 4.71. The quantitative estimate of drug-likeness (QED) is 0.251. The van der Waals surface area contributed by atoms with Crippen molar-refractivity contribution in [2.75, 3.05) is 0 Å². The summed E-state index contributed by atoms with van der Waals surface area (Å²) < 4.78 is 0. The van der Waals surface area contributed by atoms with Crippen LogP contribution in [0.1, 0.15) is 25.0 Å². The summed E-state index contributed by atoms with van der Waals surface area (Å²) in [6, 6.07) is 46.1. The van der Waals surface area contributed by atoms with Crippen molar-refractivity contribution >= 4 is 21.8 Å². The van der Waals surface area contributed by atoms with Crippen LogP contribution >= 0.6 is 0 Å². The molecule has 0 aliphatic heterocycles. The molecule has 1 aliphatic rings. The van der Waals surface area contributed by atoms with Gasteiger partial charge in [0.2, 0.25) is 0 Å². The first-order valence-corrected chi connectivity index (χ1v) is 13.9. The SMILES string of the molecule is CC1(C)c2cc(-c3ccc4ccccc4c3)ccc2-c2ccc(-c3ccc4[nH]c(-c5ccccc5)nc4c3)cc21. The Morgan fingerprint density at radius 3 is 1.80 bits per heavy atom. The third-order valence-electron chi connectivity index (χ3n) is 8.62. The van der Waals surface area contributed by atoms with E-state index in [0.717, 1.165) is 22.4 Å². The standard InChI is InChI=1S/C38H28N2/c1-38(2)33-21-28(27-13-12-24-8-6-7-11-26(24)20-27)14-17-31(33)32-18-15-29(22-34(32)38)30-16-19-35-36(23-30)40-37(39-35)25-9-4-3-5-10-25/h3-23H,1-2H3,(H,39,40). The zero-order valence-corrected chi connectivity index (χ0v) is 22.6. The van der Waals surface area contributed by atoms with E-state index in [1.54, 1.807) is 0 Å². The van der Waals surface area contributed by atoms with Crippen molar-refractivity contribution in [3.63, 3.8) is 0 Å². The van der Waals surface area contributed by atoms with Crippen molar-refractivity contribution in [3.05, 3.63) is 139 Å². The largest absolute Gasteiger partial charge is 0.338 e. The molecule has 2 heteroatoms. The van der Waals surface area contributed by atoms with Crippen LogP contribution in [0.15, 0.2) is 127 Å². The smallest absolute Gasteiger partial charge is 0.138 e. The number of fused-ring (bicyclic) bond motifs is 5. The lowest BCUT2D eigenvalue weighted by molar-refractivity contribution is 0.661. The van der Waals surface area contributed by atoms with Gasteiger partial charge in [-0.25, -0.2) is 4.98 Å². The molecule has 40 heavy (non-hydrogen) atoms. The van der Waals surface area contributed by atoms with Gasteiger partial charge < -0.3 is 4.98 Å². The number of rotatable bonds is 3. The van der Waals surface area contributed by atoms with Crippen molar-refractivity contribution in [1.29, 1.82) is 0 Å². The molecule has 0 spiro atoms. The first-order chi connectivity index (χ1) is 19.5. The summed E-state index contributed by atoms with van der Waals surface area (Å²) in [4.78, 5) is 8.38. The Hall–Kier alpha value is -4.95. The van der Waals surface area contributed by atoms with Gasteiger partial charge in [0, 0.05) is 11.0 Å². The average Bonchev–Trinajstić information content (AvgIpc) is 3.53. The Bertz CT molecular complexity index is 2080. The van der Waals surface area contributed by atoms with Gasteiger partial charge in [-0.15, -0.1) is 0 Å². The Kier molecular flexibility index (Phi) is 4.90. The fourth-order valence-corrected chi connectivity index (χ4v) is 6.38. The van der Waals surface area contributed by atoms with Crippen LogP contribution in [0.25, 0.3) is 66.6 Å². The van der Waals surface area contributed by atoms with Crippen molar-refractivity contribution in [2.45, 2.75) is 19.3 Å². The molecule has 1 aliphatic carbocycles. The van der Waals surface area contributed by atoms with Crippen molar-refractivity contribution < 1.29 is 0 Å². The number of imidazole rings is 1. The van der Waals surface area contributed by atoms with Gasteiger partial charge in [0.15, 0.2) is 0 Å². The van der Waals surface area contributed by atoms with E-state index in [1.807, 2.05) is 18.2 Å². The molecule has 0 radical (unpaired) electrons. The van der Waals surface area contributed by atoms with E-state index in [1.165, 1.54) is 55.3 Å². The third kappa shape index (κ3) is 3.53. The van der Waals surface area contributed by atoms with Crippen LogP contribution in [-0.4, -0.2) is 9.97 Å². The molecule has 7 aromatic rings. The highest BCUT2D eigenvalue weighted by atomic mass is 14.9. The molecular weight excluding hydrogens is 484 g/mol. The molecule has 1 heterocycles. The van der Waals surface area contributed by atoms with Gasteiger partial charge in [-0.2, -0.15) is 0 Å². The molecule has 0 bridgehead atoms. The van der Waals surface area contributed by atoms with Crippen molar-refractivity contribution in [3.8, 4) is 44.8 Å². The van der Waals surface area contributed by atoms with E-state index < -0.39 is 0 Å². The van der Waals surface area contributed by atoms with Gasteiger partial charge in [-0.3, -0.25) is 0 Å². The van der Waals surface area contributed by atoms with Gasteiger partial charge in [-0.1, -0.05) is 111 Å². The van der Waals surface area contributed by atoms with Crippen LogP contribution in [0, 0.1) is 0 Å². The van der Waals surface area contributed by atoms with E-state index in [-0.39, 0.29) is 5.41 Å². The number of aromatic nitrogens is 2. The van der Waals surface area contributed by atoms with E-state index in [2.05, 4.69) is 128 Å². The summed E-state index contributed by atoms with van der Waals surface area (Å²) in [5.41, 5.74) is 13.4. The number of H-pyrrole nitrogens is 1. The lowest BCUT2D eigenvalue weighted by Crippen LogP contribution is -2.15. The average molecular weight is 513 g/mol. The third-order valence-corrected chi connectivity index (χ3v) is 8.62. The predicted molar refractivity (Wildman–Crippen MR) is 167 cm³/mol. The molecular formula is C38H28N2. The lowest BCUT2D eigenvalue weighted by atomic mass is 9.81. The second-order valence-corrected chi connectivity index (χ2v) is 11.4. The van der Waals surface area contributed by atoms with Gasteiger partial charge in [0.1, 0.15) is 5.82 Å². The highest BCUT2D eigenvalue weighted by Gasteiger charge is 2.35. The summed E-state index contributed by atoms with van der Waals surface area (Å²) in [5, 5.41) is 2.55. The summed E-state index contributed by atoms with van der Waals surface area (Å²) in [6.07, 6.45) is 0. The molecule has 8 rings (SSSR count). The van der Waals surface area contributed by atoms with Crippen molar-refractivity contribution in [1.82, 2.24) is 9.97 Å². The fraction of sp³-hybridized carbons (Fsp3) is 0.0789. The zero-order valence-electron chi connectivity index (χ0n) is 22.6. The first-order valence-electron chi connectivity index (χ1n) is 13.9. The lowest BCUT2D eigenvalue weighted by Gasteiger charge is -2.22. The molecule has 1 N–H and O–H groups in total. The van der Waals surface area contributed by atoms with Gasteiger partial charge >= 0.3 is 0 Å². The van der Waals surface area contributed by atoms with Crippen LogP contribution in [-0.2, 0) is 5.41 Å². The monoisotopic (exact) mass is 512 g/mol. The maximum absolute atomic E-state index is 4.90. The normalized spacial score (nSPS) is 13.4. The molecule has 0 fully saturated rings. The second kappa shape index (κ2) is 8.53. The number of hydrogen-bond acceptors (Lipinski definition) is 1. The van der Waals surface area contributed by atoms with Gasteiger partial charge in [0.25, 0.3) is 0 Å². The minimum absolute atomic E-state index is 0.0928. The van der Waals surface area contributed by atoms with Gasteiger partial charge in [0.05, 0.1) is 11.0 Å². The van der Waals surface area contributed by atoms with Crippen LogP contribution in [0.4, 0.5) is 0 Å². The number of nitrogens with zero attached hydrogens (tertiary/aromatic N) is 1. The minimum Gasteiger partial charge on any atom is -0.338 e. The first kappa shape index (κ1) is 23.0. The predicted octanol–water partition coefficient (Wildman–Crippen LogP) is 10.0. The summed E-state index contributed by atoms with van der Waals surface area (Å²) in [5.74, 6) is 0.903. The van der Waals surface area contributed by atoms with Gasteiger partial charge in [-0.05, 0) is 85.6 Å². The molecule has 0 unspecified atom stereocenters. The molecule has 190 valence electrons. The van der Waals surface area contributed by atoms with E-state index in [0.29, 0.717) is 0 Å². The number of benzene rings is 6. The van der Waals surface area contributed by atoms with E-state index >= 15 is 0 Å². The summed E-state index contributed by atoms with van der Waals surface area (Å²) >= 11 is 0. The molecule has 0 atom stereocenters. The van der Waals surface area contributed by atoms with Crippen LogP contribution < -0.4 is 0 Å². The molecule has 6 aromatic carbocycles. The molecule has 2 nitrogen and oxygen atoms in total. The van der Waals surface area contributed by atoms with E-state index in [9.17, 15) is 0 Å². The van der Waals surface area contributed by atoms with E-state index in [4.69, 9.17) is 4.98 Å². The minimum atomic E-state index is -0.0928. The molecule has 0 saturated carbocycles. The summed E-state index contributed by atoms with van der Waals surface area (Å²) in [7, 11) is 0. The maximum atomic E-state index is 4.90. The maximum Gasteiger partial charge on any atom is 0.138 e. The Morgan fingerprint density at radius 1 is 0.500 bits per heavy atom. The number of aromatic amines is 1. The Labute approximate surface area is 234 Å². The number of hydrogen-bond donors (Lipinski definition) is 1. The fourth-order valence-electron chi connectivity index (χ4n) is 6.38. The highest BCUT2D eigenvalue weighted by molar-refractivity contribution is 5.90. The highest BCUT2D eigenvalue weighted by Crippen LogP contribution is 2.50. The number of nitrogens with one attached hydrogen (secondary N) is 1. The Morgan fingerprint density at radius 2 is 1.07 bits per heavy atom. The zero-order chi connectivity index (χ0) is 26.8.